The Kier molecular flexibility index (Phi) is 5.72. The zero-order valence-electron chi connectivity index (χ0n) is 13.4. The Morgan fingerprint density at radius 1 is 1.26 bits per heavy atom. The fourth-order valence-corrected chi connectivity index (χ4v) is 2.43. The predicted octanol–water partition coefficient (Wildman–Crippen LogP) is 1.31. The number of hydrogen-bond acceptors (Lipinski definition) is 6. The van der Waals surface area contributed by atoms with Gasteiger partial charge in [0.1, 0.15) is 5.76 Å². The van der Waals surface area contributed by atoms with Crippen LogP contribution in [0.3, 0.4) is 0 Å². The normalized spacial score (nSPS) is 14.2. The number of rotatable bonds is 6. The van der Waals surface area contributed by atoms with E-state index in [1.807, 2.05) is 0 Å². The van der Waals surface area contributed by atoms with E-state index in [9.17, 15) is 14.4 Å². The van der Waals surface area contributed by atoms with Crippen molar-refractivity contribution in [1.82, 2.24) is 15.2 Å². The third-order valence-electron chi connectivity index (χ3n) is 3.48. The van der Waals surface area contributed by atoms with Crippen molar-refractivity contribution in [3.05, 3.63) is 17.5 Å². The zero-order valence-corrected chi connectivity index (χ0v) is 13.4. The topological polar surface area (TPSA) is 93.0 Å². The highest BCUT2D eigenvalue weighted by Crippen LogP contribution is 2.17. The SMILES string of the molecule is CCOC(=O)CCCC(=O)N1CCCN1C(=O)c1cc(C)on1. The maximum absolute atomic E-state index is 12.4. The van der Waals surface area contributed by atoms with Crippen molar-refractivity contribution >= 4 is 17.8 Å². The van der Waals surface area contributed by atoms with Gasteiger partial charge in [-0.2, -0.15) is 0 Å². The van der Waals surface area contributed by atoms with Crippen LogP contribution in [0.5, 0.6) is 0 Å². The van der Waals surface area contributed by atoms with E-state index in [0.29, 0.717) is 38.3 Å². The fraction of sp³-hybridized carbons (Fsp3) is 0.600. The number of aromatic nitrogens is 1. The molecule has 1 aromatic rings. The molecule has 0 N–H and O–H groups in total. The van der Waals surface area contributed by atoms with Crippen molar-refractivity contribution in [2.75, 3.05) is 19.7 Å². The molecule has 2 amide bonds. The molecule has 0 bridgehead atoms. The number of hydrazine groups is 1. The molecule has 1 saturated heterocycles. The Labute approximate surface area is 134 Å². The summed E-state index contributed by atoms with van der Waals surface area (Å²) in [5.74, 6) is -0.300. The molecule has 1 aliphatic heterocycles. The molecule has 0 spiro atoms. The number of carbonyl (C=O) groups is 3. The van der Waals surface area contributed by atoms with Crippen molar-refractivity contribution in [3.63, 3.8) is 0 Å². The minimum absolute atomic E-state index is 0.180. The summed E-state index contributed by atoms with van der Waals surface area (Å²) < 4.78 is 9.72. The van der Waals surface area contributed by atoms with E-state index in [2.05, 4.69) is 5.16 Å². The van der Waals surface area contributed by atoms with E-state index >= 15 is 0 Å². The van der Waals surface area contributed by atoms with Gasteiger partial charge in [-0.3, -0.25) is 19.4 Å². The first kappa shape index (κ1) is 17.0. The number of nitrogens with zero attached hydrogens (tertiary/aromatic N) is 3. The smallest absolute Gasteiger partial charge is 0.305 e. The number of ether oxygens (including phenoxy) is 1. The van der Waals surface area contributed by atoms with Crippen molar-refractivity contribution < 1.29 is 23.6 Å². The molecule has 8 nitrogen and oxygen atoms in total. The molecular weight excluding hydrogens is 302 g/mol. The Morgan fingerprint density at radius 3 is 2.65 bits per heavy atom. The van der Waals surface area contributed by atoms with Crippen molar-refractivity contribution in [2.45, 2.75) is 39.5 Å². The Balaban J connectivity index is 1.89. The van der Waals surface area contributed by atoms with Crippen LogP contribution in [0.1, 0.15) is 48.9 Å². The molecule has 0 aliphatic carbocycles. The second-order valence-electron chi connectivity index (χ2n) is 5.28. The maximum atomic E-state index is 12.4. The Morgan fingerprint density at radius 2 is 2.00 bits per heavy atom. The van der Waals surface area contributed by atoms with Gasteiger partial charge < -0.3 is 9.26 Å². The lowest BCUT2D eigenvalue weighted by molar-refractivity contribution is -0.144. The maximum Gasteiger partial charge on any atom is 0.305 e. The van der Waals surface area contributed by atoms with Crippen LogP contribution in [-0.2, 0) is 14.3 Å². The monoisotopic (exact) mass is 323 g/mol. The minimum Gasteiger partial charge on any atom is -0.466 e. The van der Waals surface area contributed by atoms with Crippen LogP contribution in [0, 0.1) is 6.92 Å². The molecule has 2 rings (SSSR count). The second-order valence-corrected chi connectivity index (χ2v) is 5.28. The van der Waals surface area contributed by atoms with E-state index in [4.69, 9.17) is 9.26 Å². The van der Waals surface area contributed by atoms with E-state index in [0.717, 1.165) is 0 Å². The van der Waals surface area contributed by atoms with Gasteiger partial charge in [-0.25, -0.2) is 5.01 Å². The standard InChI is InChI=1S/C15H21N3O5/c1-3-22-14(20)7-4-6-13(19)17-8-5-9-18(17)15(21)12-10-11(2)23-16-12/h10H,3-9H2,1-2H3. The van der Waals surface area contributed by atoms with Gasteiger partial charge in [-0.05, 0) is 26.7 Å². The summed E-state index contributed by atoms with van der Waals surface area (Å²) in [7, 11) is 0. The van der Waals surface area contributed by atoms with Crippen LogP contribution in [0.25, 0.3) is 0 Å². The molecule has 0 radical (unpaired) electrons. The molecule has 2 heterocycles. The summed E-state index contributed by atoms with van der Waals surface area (Å²) in [6, 6.07) is 1.55. The lowest BCUT2D eigenvalue weighted by atomic mass is 10.2. The summed E-state index contributed by atoms with van der Waals surface area (Å²) >= 11 is 0. The van der Waals surface area contributed by atoms with Gasteiger partial charge in [-0.1, -0.05) is 5.16 Å². The molecule has 0 atom stereocenters. The van der Waals surface area contributed by atoms with Crippen molar-refractivity contribution in [2.24, 2.45) is 0 Å². The summed E-state index contributed by atoms with van der Waals surface area (Å²) in [4.78, 5) is 35.9. The molecule has 8 heteroatoms. The van der Waals surface area contributed by atoms with Gasteiger partial charge in [0.2, 0.25) is 5.91 Å². The van der Waals surface area contributed by atoms with Gasteiger partial charge in [-0.15, -0.1) is 0 Å². The van der Waals surface area contributed by atoms with Crippen LogP contribution in [0.2, 0.25) is 0 Å². The van der Waals surface area contributed by atoms with Crippen LogP contribution < -0.4 is 0 Å². The molecular formula is C15H21N3O5. The van der Waals surface area contributed by atoms with E-state index in [1.165, 1.54) is 10.0 Å². The lowest BCUT2D eigenvalue weighted by Crippen LogP contribution is -2.44. The Bertz CT molecular complexity index is 583. The quantitative estimate of drug-likeness (QED) is 0.733. The minimum atomic E-state index is -0.349. The van der Waals surface area contributed by atoms with E-state index in [1.54, 1.807) is 19.9 Å². The molecule has 23 heavy (non-hydrogen) atoms. The molecule has 0 aromatic carbocycles. The molecule has 1 aromatic heterocycles. The number of hydrogen-bond donors (Lipinski definition) is 0. The van der Waals surface area contributed by atoms with Crippen LogP contribution in [-0.4, -0.2) is 52.7 Å². The molecule has 0 unspecified atom stereocenters. The molecule has 126 valence electrons. The first-order valence-corrected chi connectivity index (χ1v) is 7.74. The summed E-state index contributed by atoms with van der Waals surface area (Å²) in [5.41, 5.74) is 0.189. The average molecular weight is 323 g/mol. The summed E-state index contributed by atoms with van der Waals surface area (Å²) in [6.45, 7) is 4.72. The van der Waals surface area contributed by atoms with Crippen LogP contribution in [0.4, 0.5) is 0 Å². The first-order chi connectivity index (χ1) is 11.0. The Hall–Kier alpha value is -2.38. The first-order valence-electron chi connectivity index (χ1n) is 7.74. The molecule has 0 saturated carbocycles. The summed E-state index contributed by atoms with van der Waals surface area (Å²) in [6.07, 6.45) is 1.51. The van der Waals surface area contributed by atoms with Crippen LogP contribution >= 0.6 is 0 Å². The third-order valence-corrected chi connectivity index (χ3v) is 3.48. The lowest BCUT2D eigenvalue weighted by Gasteiger charge is -2.27. The molecule has 1 aliphatic rings. The van der Waals surface area contributed by atoms with Gasteiger partial charge in [0, 0.05) is 32.0 Å². The number of aryl methyl sites for hydroxylation is 1. The van der Waals surface area contributed by atoms with Gasteiger partial charge in [0.25, 0.3) is 5.91 Å². The highest BCUT2D eigenvalue weighted by molar-refractivity contribution is 5.94. The van der Waals surface area contributed by atoms with E-state index in [-0.39, 0.29) is 36.3 Å². The van der Waals surface area contributed by atoms with Crippen LogP contribution in [0.15, 0.2) is 10.6 Å². The average Bonchev–Trinajstić information content (AvgIpc) is 3.15. The summed E-state index contributed by atoms with van der Waals surface area (Å²) in [5, 5.41) is 6.52. The van der Waals surface area contributed by atoms with E-state index < -0.39 is 0 Å². The number of carbonyl (C=O) groups excluding carboxylic acids is 3. The highest BCUT2D eigenvalue weighted by Gasteiger charge is 2.32. The number of esters is 1. The van der Waals surface area contributed by atoms with Crippen molar-refractivity contribution in [3.8, 4) is 0 Å². The van der Waals surface area contributed by atoms with Gasteiger partial charge in [0.15, 0.2) is 5.69 Å². The molecule has 1 fully saturated rings. The third kappa shape index (κ3) is 4.30. The number of amides is 2. The largest absolute Gasteiger partial charge is 0.466 e. The predicted molar refractivity (Wildman–Crippen MR) is 79.1 cm³/mol. The fourth-order valence-electron chi connectivity index (χ4n) is 2.43. The zero-order chi connectivity index (χ0) is 16.8. The van der Waals surface area contributed by atoms with Gasteiger partial charge >= 0.3 is 5.97 Å². The van der Waals surface area contributed by atoms with Gasteiger partial charge in [0.05, 0.1) is 6.61 Å². The second kappa shape index (κ2) is 7.75. The van der Waals surface area contributed by atoms with Crippen molar-refractivity contribution in [1.29, 1.82) is 0 Å². The highest BCUT2D eigenvalue weighted by atomic mass is 16.5.